The zero-order chi connectivity index (χ0) is 10.4. The van der Waals surface area contributed by atoms with Crippen molar-refractivity contribution < 1.29 is 9.90 Å². The summed E-state index contributed by atoms with van der Waals surface area (Å²) in [4.78, 5) is 10.7. The van der Waals surface area contributed by atoms with E-state index in [1.165, 1.54) is 12.8 Å². The van der Waals surface area contributed by atoms with Crippen LogP contribution < -0.4 is 0 Å². The molecule has 0 radical (unpaired) electrons. The highest BCUT2D eigenvalue weighted by atomic mass is 16.4. The average Bonchev–Trinajstić information content (AvgIpc) is 2.11. The quantitative estimate of drug-likeness (QED) is 0.691. The standard InChI is InChI=1S/C11H22O2/c1-5-6-7-8(2)9(3)10(4)11(12)13/h8-10H,5-7H2,1-4H3,(H,12,13). The first-order valence-corrected chi connectivity index (χ1v) is 5.23. The molecule has 3 atom stereocenters. The van der Waals surface area contributed by atoms with E-state index in [2.05, 4.69) is 13.8 Å². The van der Waals surface area contributed by atoms with Crippen LogP contribution in [0, 0.1) is 17.8 Å². The molecule has 2 heteroatoms. The van der Waals surface area contributed by atoms with E-state index in [0.29, 0.717) is 5.92 Å². The van der Waals surface area contributed by atoms with Gasteiger partial charge >= 0.3 is 5.97 Å². The van der Waals surface area contributed by atoms with Crippen LogP contribution in [0.25, 0.3) is 0 Å². The van der Waals surface area contributed by atoms with Gasteiger partial charge in [-0.2, -0.15) is 0 Å². The van der Waals surface area contributed by atoms with E-state index >= 15 is 0 Å². The molecule has 0 aromatic rings. The van der Waals surface area contributed by atoms with E-state index in [1.807, 2.05) is 6.92 Å². The number of aliphatic carboxylic acids is 1. The maximum Gasteiger partial charge on any atom is 0.306 e. The fourth-order valence-electron chi connectivity index (χ4n) is 1.51. The lowest BCUT2D eigenvalue weighted by Crippen LogP contribution is -2.23. The van der Waals surface area contributed by atoms with Gasteiger partial charge in [0.05, 0.1) is 5.92 Å². The summed E-state index contributed by atoms with van der Waals surface area (Å²) in [5, 5.41) is 8.83. The summed E-state index contributed by atoms with van der Waals surface area (Å²) in [6.07, 6.45) is 3.55. The molecule has 78 valence electrons. The van der Waals surface area contributed by atoms with Gasteiger partial charge in [-0.1, -0.05) is 47.0 Å². The monoisotopic (exact) mass is 186 g/mol. The van der Waals surface area contributed by atoms with Crippen molar-refractivity contribution in [3.05, 3.63) is 0 Å². The van der Waals surface area contributed by atoms with Crippen molar-refractivity contribution >= 4 is 5.97 Å². The predicted octanol–water partition coefficient (Wildman–Crippen LogP) is 3.17. The van der Waals surface area contributed by atoms with Gasteiger partial charge in [-0.3, -0.25) is 4.79 Å². The van der Waals surface area contributed by atoms with Gasteiger partial charge in [0.25, 0.3) is 0 Å². The molecule has 0 spiro atoms. The highest BCUT2D eigenvalue weighted by Crippen LogP contribution is 2.24. The van der Waals surface area contributed by atoms with Crippen molar-refractivity contribution in [2.24, 2.45) is 17.8 Å². The number of unbranched alkanes of at least 4 members (excludes halogenated alkanes) is 1. The van der Waals surface area contributed by atoms with E-state index in [-0.39, 0.29) is 11.8 Å². The van der Waals surface area contributed by atoms with Gasteiger partial charge in [0.15, 0.2) is 0 Å². The van der Waals surface area contributed by atoms with E-state index in [0.717, 1.165) is 6.42 Å². The van der Waals surface area contributed by atoms with E-state index in [4.69, 9.17) is 5.11 Å². The number of rotatable bonds is 6. The summed E-state index contributed by atoms with van der Waals surface area (Å²) in [5.41, 5.74) is 0. The minimum Gasteiger partial charge on any atom is -0.481 e. The lowest BCUT2D eigenvalue weighted by molar-refractivity contribution is -0.143. The Hall–Kier alpha value is -0.530. The molecule has 0 heterocycles. The normalized spacial score (nSPS) is 17.8. The van der Waals surface area contributed by atoms with Crippen LogP contribution in [0.2, 0.25) is 0 Å². The topological polar surface area (TPSA) is 37.3 Å². The SMILES string of the molecule is CCCCC(C)C(C)C(C)C(=O)O. The molecule has 0 saturated carbocycles. The zero-order valence-electron chi connectivity index (χ0n) is 9.21. The maximum absolute atomic E-state index is 10.7. The average molecular weight is 186 g/mol. The molecule has 0 amide bonds. The third-order valence-corrected chi connectivity index (χ3v) is 3.09. The van der Waals surface area contributed by atoms with Crippen molar-refractivity contribution in [3.8, 4) is 0 Å². The molecule has 0 rings (SSSR count). The Morgan fingerprint density at radius 1 is 1.31 bits per heavy atom. The number of hydrogen-bond donors (Lipinski definition) is 1. The first kappa shape index (κ1) is 12.5. The third kappa shape index (κ3) is 4.30. The van der Waals surface area contributed by atoms with Gasteiger partial charge < -0.3 is 5.11 Å². The van der Waals surface area contributed by atoms with Crippen molar-refractivity contribution in [2.75, 3.05) is 0 Å². The number of carboxylic acid groups (broad SMARTS) is 1. The van der Waals surface area contributed by atoms with Crippen LogP contribution in [0.3, 0.4) is 0 Å². The fraction of sp³-hybridized carbons (Fsp3) is 0.909. The second-order valence-corrected chi connectivity index (χ2v) is 4.11. The van der Waals surface area contributed by atoms with Crippen LogP contribution in [0.4, 0.5) is 0 Å². The second kappa shape index (κ2) is 6.01. The predicted molar refractivity (Wildman–Crippen MR) is 54.7 cm³/mol. The highest BCUT2D eigenvalue weighted by Gasteiger charge is 2.23. The molecule has 13 heavy (non-hydrogen) atoms. The summed E-state index contributed by atoms with van der Waals surface area (Å²) in [6, 6.07) is 0. The minimum atomic E-state index is -0.671. The molecule has 0 aliphatic carbocycles. The number of hydrogen-bond acceptors (Lipinski definition) is 1. The Kier molecular flexibility index (Phi) is 5.76. The van der Waals surface area contributed by atoms with Crippen molar-refractivity contribution in [3.63, 3.8) is 0 Å². The second-order valence-electron chi connectivity index (χ2n) is 4.11. The lowest BCUT2D eigenvalue weighted by Gasteiger charge is -2.23. The fourth-order valence-corrected chi connectivity index (χ4v) is 1.51. The van der Waals surface area contributed by atoms with Crippen molar-refractivity contribution in [2.45, 2.75) is 47.0 Å². The Morgan fingerprint density at radius 3 is 2.23 bits per heavy atom. The summed E-state index contributed by atoms with van der Waals surface area (Å²) in [5.74, 6) is -0.0854. The molecule has 0 aromatic heterocycles. The molecule has 3 unspecified atom stereocenters. The third-order valence-electron chi connectivity index (χ3n) is 3.09. The van der Waals surface area contributed by atoms with Gasteiger partial charge in [-0.15, -0.1) is 0 Å². The molecule has 0 saturated heterocycles. The van der Waals surface area contributed by atoms with Crippen LogP contribution in [-0.4, -0.2) is 11.1 Å². The lowest BCUT2D eigenvalue weighted by atomic mass is 9.82. The summed E-state index contributed by atoms with van der Waals surface area (Å²) >= 11 is 0. The Morgan fingerprint density at radius 2 is 1.85 bits per heavy atom. The van der Waals surface area contributed by atoms with Crippen molar-refractivity contribution in [1.29, 1.82) is 0 Å². The van der Waals surface area contributed by atoms with Gasteiger partial charge in [0.2, 0.25) is 0 Å². The minimum absolute atomic E-state index is 0.216. The Labute approximate surface area is 81.3 Å². The van der Waals surface area contributed by atoms with Crippen LogP contribution in [0.1, 0.15) is 47.0 Å². The smallest absolute Gasteiger partial charge is 0.306 e. The molecule has 0 aliphatic rings. The largest absolute Gasteiger partial charge is 0.481 e. The van der Waals surface area contributed by atoms with Gasteiger partial charge in [-0.25, -0.2) is 0 Å². The van der Waals surface area contributed by atoms with Crippen LogP contribution >= 0.6 is 0 Å². The molecule has 0 bridgehead atoms. The molecule has 1 N–H and O–H groups in total. The Bertz CT molecular complexity index is 154. The van der Waals surface area contributed by atoms with Crippen LogP contribution in [0.5, 0.6) is 0 Å². The summed E-state index contributed by atoms with van der Waals surface area (Å²) < 4.78 is 0. The van der Waals surface area contributed by atoms with E-state index in [9.17, 15) is 4.79 Å². The van der Waals surface area contributed by atoms with Gasteiger partial charge in [-0.05, 0) is 11.8 Å². The molecule has 0 fully saturated rings. The molecule has 2 nitrogen and oxygen atoms in total. The Balaban J connectivity index is 3.93. The van der Waals surface area contributed by atoms with Gasteiger partial charge in [0, 0.05) is 0 Å². The molecular weight excluding hydrogens is 164 g/mol. The van der Waals surface area contributed by atoms with Gasteiger partial charge in [0.1, 0.15) is 0 Å². The first-order valence-electron chi connectivity index (χ1n) is 5.23. The molecule has 0 aliphatic heterocycles. The highest BCUT2D eigenvalue weighted by molar-refractivity contribution is 5.69. The number of carboxylic acids is 1. The maximum atomic E-state index is 10.7. The van der Waals surface area contributed by atoms with E-state index < -0.39 is 5.97 Å². The summed E-state index contributed by atoms with van der Waals surface area (Å²) in [6.45, 7) is 8.16. The number of carbonyl (C=O) groups is 1. The summed E-state index contributed by atoms with van der Waals surface area (Å²) in [7, 11) is 0. The van der Waals surface area contributed by atoms with Crippen LogP contribution in [-0.2, 0) is 4.79 Å². The molecular formula is C11H22O2. The van der Waals surface area contributed by atoms with Crippen molar-refractivity contribution in [1.82, 2.24) is 0 Å². The molecule has 0 aromatic carbocycles. The van der Waals surface area contributed by atoms with E-state index in [1.54, 1.807) is 6.92 Å². The van der Waals surface area contributed by atoms with Crippen LogP contribution in [0.15, 0.2) is 0 Å². The zero-order valence-corrected chi connectivity index (χ0v) is 9.21. The first-order chi connectivity index (χ1) is 6.00.